The van der Waals surface area contributed by atoms with Crippen LogP contribution < -0.4 is 4.74 Å². The summed E-state index contributed by atoms with van der Waals surface area (Å²) in [5, 5.41) is 9.99. The molecule has 0 saturated heterocycles. The summed E-state index contributed by atoms with van der Waals surface area (Å²) >= 11 is 1.44. The highest BCUT2D eigenvalue weighted by molar-refractivity contribution is 7.19. The Hall–Kier alpha value is -2.71. The van der Waals surface area contributed by atoms with Crippen molar-refractivity contribution in [3.8, 4) is 11.8 Å². The van der Waals surface area contributed by atoms with Gasteiger partial charge in [0, 0.05) is 0 Å². The monoisotopic (exact) mass is 310 g/mol. The standard InChI is InChI=1S/C17H11FN2OS/c1-21-15-7-6-11(9-13(15)18)8-12(10-19)17-20-14-4-2-3-5-16(14)22-17/h2-9H,1H3/b12-8+. The van der Waals surface area contributed by atoms with Crippen molar-refractivity contribution in [2.24, 2.45) is 0 Å². The molecular weight excluding hydrogens is 299 g/mol. The fraction of sp³-hybridized carbons (Fsp3) is 0.0588. The number of halogens is 1. The summed E-state index contributed by atoms with van der Waals surface area (Å²) in [4.78, 5) is 4.45. The highest BCUT2D eigenvalue weighted by Gasteiger charge is 2.09. The molecule has 3 rings (SSSR count). The van der Waals surface area contributed by atoms with E-state index in [1.54, 1.807) is 12.1 Å². The Morgan fingerprint density at radius 2 is 2.14 bits per heavy atom. The zero-order chi connectivity index (χ0) is 15.5. The van der Waals surface area contributed by atoms with Crippen LogP contribution in [-0.2, 0) is 0 Å². The van der Waals surface area contributed by atoms with Gasteiger partial charge in [-0.05, 0) is 35.9 Å². The van der Waals surface area contributed by atoms with Crippen molar-refractivity contribution in [1.82, 2.24) is 4.98 Å². The summed E-state index contributed by atoms with van der Waals surface area (Å²) in [5.74, 6) is -0.284. The van der Waals surface area contributed by atoms with Gasteiger partial charge in [0.15, 0.2) is 11.6 Å². The first-order chi connectivity index (χ1) is 10.7. The van der Waals surface area contributed by atoms with E-state index in [-0.39, 0.29) is 5.75 Å². The summed E-state index contributed by atoms with van der Waals surface area (Å²) in [6.07, 6.45) is 1.63. The van der Waals surface area contributed by atoms with Crippen molar-refractivity contribution in [1.29, 1.82) is 5.26 Å². The summed E-state index contributed by atoms with van der Waals surface area (Å²) in [6, 6.07) is 14.4. The number of rotatable bonds is 3. The van der Waals surface area contributed by atoms with Crippen molar-refractivity contribution < 1.29 is 9.13 Å². The largest absolute Gasteiger partial charge is 0.494 e. The topological polar surface area (TPSA) is 45.9 Å². The predicted molar refractivity (Wildman–Crippen MR) is 86.1 cm³/mol. The van der Waals surface area contributed by atoms with Gasteiger partial charge < -0.3 is 4.74 Å². The molecule has 2 aromatic carbocycles. The van der Waals surface area contributed by atoms with Crippen LogP contribution in [0.3, 0.4) is 0 Å². The van der Waals surface area contributed by atoms with Gasteiger partial charge in [-0.1, -0.05) is 18.2 Å². The minimum Gasteiger partial charge on any atom is -0.494 e. The van der Waals surface area contributed by atoms with E-state index in [0.717, 1.165) is 10.2 Å². The molecule has 0 aliphatic carbocycles. The van der Waals surface area contributed by atoms with E-state index in [1.807, 2.05) is 24.3 Å². The fourth-order valence-corrected chi connectivity index (χ4v) is 3.00. The first kappa shape index (κ1) is 14.2. The van der Waals surface area contributed by atoms with Crippen molar-refractivity contribution in [2.75, 3.05) is 7.11 Å². The number of fused-ring (bicyclic) bond motifs is 1. The second-order valence-corrected chi connectivity index (χ2v) is 5.58. The number of hydrogen-bond acceptors (Lipinski definition) is 4. The second-order valence-electron chi connectivity index (χ2n) is 4.55. The molecule has 108 valence electrons. The molecule has 1 heterocycles. The number of para-hydroxylation sites is 1. The number of aromatic nitrogens is 1. The van der Waals surface area contributed by atoms with E-state index in [0.29, 0.717) is 16.1 Å². The van der Waals surface area contributed by atoms with Crippen LogP contribution in [0.15, 0.2) is 42.5 Å². The summed E-state index contributed by atoms with van der Waals surface area (Å²) in [7, 11) is 1.41. The highest BCUT2D eigenvalue weighted by atomic mass is 32.1. The third kappa shape index (κ3) is 2.69. The van der Waals surface area contributed by atoms with Gasteiger partial charge in [0.05, 0.1) is 22.9 Å². The van der Waals surface area contributed by atoms with Crippen LogP contribution in [0.1, 0.15) is 10.6 Å². The number of hydrogen-bond donors (Lipinski definition) is 0. The van der Waals surface area contributed by atoms with Crippen LogP contribution in [0.5, 0.6) is 5.75 Å². The third-order valence-electron chi connectivity index (χ3n) is 3.13. The minimum absolute atomic E-state index is 0.177. The predicted octanol–water partition coefficient (Wildman–Crippen LogP) is 4.51. The van der Waals surface area contributed by atoms with Gasteiger partial charge in [-0.15, -0.1) is 11.3 Å². The van der Waals surface area contributed by atoms with Crippen molar-refractivity contribution in [2.45, 2.75) is 0 Å². The van der Waals surface area contributed by atoms with Crippen LogP contribution in [0.2, 0.25) is 0 Å². The molecule has 0 aliphatic rings. The molecule has 0 saturated carbocycles. The summed E-state index contributed by atoms with van der Waals surface area (Å²) in [6.45, 7) is 0. The third-order valence-corrected chi connectivity index (χ3v) is 4.20. The van der Waals surface area contributed by atoms with Crippen molar-refractivity contribution in [3.63, 3.8) is 0 Å². The number of ether oxygens (including phenoxy) is 1. The molecule has 0 amide bonds. The SMILES string of the molecule is COc1ccc(/C=C(\C#N)c2nc3ccccc3s2)cc1F. The zero-order valence-corrected chi connectivity index (χ0v) is 12.5. The Kier molecular flexibility index (Phi) is 3.86. The zero-order valence-electron chi connectivity index (χ0n) is 11.7. The lowest BCUT2D eigenvalue weighted by atomic mass is 10.1. The van der Waals surface area contributed by atoms with E-state index >= 15 is 0 Å². The summed E-state index contributed by atoms with van der Waals surface area (Å²) < 4.78 is 19.6. The van der Waals surface area contributed by atoms with Crippen LogP contribution in [0.25, 0.3) is 21.9 Å². The average molecular weight is 310 g/mol. The Bertz CT molecular complexity index is 875. The van der Waals surface area contributed by atoms with Gasteiger partial charge in [-0.2, -0.15) is 5.26 Å². The Balaban J connectivity index is 2.03. The van der Waals surface area contributed by atoms with E-state index in [4.69, 9.17) is 4.74 Å². The van der Waals surface area contributed by atoms with E-state index < -0.39 is 5.82 Å². The quantitative estimate of drug-likeness (QED) is 0.669. The van der Waals surface area contributed by atoms with Crippen molar-refractivity contribution in [3.05, 3.63) is 58.9 Å². The van der Waals surface area contributed by atoms with E-state index in [9.17, 15) is 9.65 Å². The smallest absolute Gasteiger partial charge is 0.165 e. The molecule has 0 atom stereocenters. The second kappa shape index (κ2) is 5.96. The van der Waals surface area contributed by atoms with Crippen LogP contribution in [-0.4, -0.2) is 12.1 Å². The molecule has 0 bridgehead atoms. The molecule has 5 heteroatoms. The van der Waals surface area contributed by atoms with Gasteiger partial charge in [0.25, 0.3) is 0 Å². The maximum absolute atomic E-state index is 13.7. The number of methoxy groups -OCH3 is 1. The van der Waals surface area contributed by atoms with E-state index in [1.165, 1.54) is 30.6 Å². The number of allylic oxidation sites excluding steroid dienone is 1. The number of benzene rings is 2. The lowest BCUT2D eigenvalue weighted by molar-refractivity contribution is 0.386. The van der Waals surface area contributed by atoms with Gasteiger partial charge in [-0.25, -0.2) is 9.37 Å². The number of thiazole rings is 1. The molecular formula is C17H11FN2OS. The molecule has 0 unspecified atom stereocenters. The average Bonchev–Trinajstić information content (AvgIpc) is 2.96. The van der Waals surface area contributed by atoms with E-state index in [2.05, 4.69) is 11.1 Å². The molecule has 0 aliphatic heterocycles. The Labute approximate surface area is 130 Å². The van der Waals surface area contributed by atoms with Crippen LogP contribution in [0.4, 0.5) is 4.39 Å². The lowest BCUT2D eigenvalue weighted by Crippen LogP contribution is -1.88. The summed E-state index contributed by atoms with van der Waals surface area (Å²) in [5.41, 5.74) is 1.85. The molecule has 3 aromatic rings. The van der Waals surface area contributed by atoms with Gasteiger partial charge in [0.2, 0.25) is 0 Å². The Morgan fingerprint density at radius 1 is 1.32 bits per heavy atom. The molecule has 0 fully saturated rings. The lowest BCUT2D eigenvalue weighted by Gasteiger charge is -2.02. The minimum atomic E-state index is -0.460. The van der Waals surface area contributed by atoms with Crippen LogP contribution >= 0.6 is 11.3 Å². The maximum atomic E-state index is 13.7. The molecule has 0 spiro atoms. The Morgan fingerprint density at radius 3 is 2.82 bits per heavy atom. The molecule has 22 heavy (non-hydrogen) atoms. The first-order valence-electron chi connectivity index (χ1n) is 6.52. The van der Waals surface area contributed by atoms with Crippen molar-refractivity contribution >= 4 is 33.2 Å². The van der Waals surface area contributed by atoms with Crippen LogP contribution in [0, 0.1) is 17.1 Å². The highest BCUT2D eigenvalue weighted by Crippen LogP contribution is 2.28. The number of nitrogens with zero attached hydrogens (tertiary/aromatic N) is 2. The number of nitriles is 1. The normalized spacial score (nSPS) is 11.4. The molecule has 0 N–H and O–H groups in total. The van der Waals surface area contributed by atoms with Gasteiger partial charge >= 0.3 is 0 Å². The molecule has 1 aromatic heterocycles. The van der Waals surface area contributed by atoms with Gasteiger partial charge in [-0.3, -0.25) is 0 Å². The fourth-order valence-electron chi connectivity index (χ4n) is 2.07. The maximum Gasteiger partial charge on any atom is 0.165 e. The van der Waals surface area contributed by atoms with Gasteiger partial charge in [0.1, 0.15) is 11.1 Å². The first-order valence-corrected chi connectivity index (χ1v) is 7.34. The molecule has 3 nitrogen and oxygen atoms in total. The molecule has 0 radical (unpaired) electrons.